The molecule has 1 saturated heterocycles. The maximum Gasteiger partial charge on any atom is 0.252 e. The Morgan fingerprint density at radius 1 is 1.15 bits per heavy atom. The molecule has 64 valence electrons. The van der Waals surface area contributed by atoms with Crippen LogP contribution in [0.4, 0.5) is 0 Å². The lowest BCUT2D eigenvalue weighted by Crippen LogP contribution is -2.17. The van der Waals surface area contributed by atoms with Crippen molar-refractivity contribution in [1.29, 1.82) is 0 Å². The standard InChI is InChI=1S/C11H9NO/c13-11-8-5-1-3-7-4-2-6-9(12-11)10(7)8/h1-7,10H,(H,12,13). The second-order valence-electron chi connectivity index (χ2n) is 3.52. The van der Waals surface area contributed by atoms with Gasteiger partial charge in [0.1, 0.15) is 0 Å². The first-order chi connectivity index (χ1) is 6.36. The maximum atomic E-state index is 11.5. The lowest BCUT2D eigenvalue weighted by Gasteiger charge is -2.23. The fourth-order valence-electron chi connectivity index (χ4n) is 2.19. The van der Waals surface area contributed by atoms with E-state index in [0.717, 1.165) is 11.3 Å². The van der Waals surface area contributed by atoms with Crippen LogP contribution in [0.1, 0.15) is 0 Å². The zero-order chi connectivity index (χ0) is 8.84. The molecule has 1 N–H and O–H groups in total. The van der Waals surface area contributed by atoms with Gasteiger partial charge in [-0.1, -0.05) is 30.4 Å². The minimum atomic E-state index is 0.0642. The molecule has 2 unspecified atom stereocenters. The maximum absolute atomic E-state index is 11.5. The molecule has 0 radical (unpaired) electrons. The lowest BCUT2D eigenvalue weighted by atomic mass is 9.80. The molecule has 0 bridgehead atoms. The number of rotatable bonds is 0. The van der Waals surface area contributed by atoms with E-state index < -0.39 is 0 Å². The van der Waals surface area contributed by atoms with Crippen LogP contribution in [0.15, 0.2) is 47.7 Å². The van der Waals surface area contributed by atoms with E-state index in [1.54, 1.807) is 0 Å². The van der Waals surface area contributed by atoms with Crippen LogP contribution in [-0.2, 0) is 4.79 Å². The molecule has 0 spiro atoms. The van der Waals surface area contributed by atoms with Crippen LogP contribution in [0.25, 0.3) is 0 Å². The van der Waals surface area contributed by atoms with Gasteiger partial charge in [0.2, 0.25) is 0 Å². The van der Waals surface area contributed by atoms with Crippen LogP contribution in [0.2, 0.25) is 0 Å². The average Bonchev–Trinajstić information content (AvgIpc) is 2.47. The Hall–Kier alpha value is -1.57. The van der Waals surface area contributed by atoms with Gasteiger partial charge >= 0.3 is 0 Å². The minimum Gasteiger partial charge on any atom is -0.325 e. The van der Waals surface area contributed by atoms with Crippen LogP contribution < -0.4 is 5.32 Å². The molecular weight excluding hydrogens is 162 g/mol. The zero-order valence-electron chi connectivity index (χ0n) is 7.03. The highest BCUT2D eigenvalue weighted by Gasteiger charge is 2.38. The summed E-state index contributed by atoms with van der Waals surface area (Å²) in [7, 11) is 0. The third kappa shape index (κ3) is 0.800. The Morgan fingerprint density at radius 2 is 1.92 bits per heavy atom. The van der Waals surface area contributed by atoms with Crippen molar-refractivity contribution in [3.05, 3.63) is 47.7 Å². The summed E-state index contributed by atoms with van der Waals surface area (Å²) in [6.45, 7) is 0. The number of carbonyl (C=O) groups excluding carboxylic acids is 1. The molecule has 1 heterocycles. The quantitative estimate of drug-likeness (QED) is 0.584. The Labute approximate surface area is 76.3 Å². The fraction of sp³-hybridized carbons (Fsp3) is 0.182. The number of hydrogen-bond donors (Lipinski definition) is 1. The van der Waals surface area contributed by atoms with Gasteiger partial charge in [0, 0.05) is 23.1 Å². The van der Waals surface area contributed by atoms with E-state index >= 15 is 0 Å². The van der Waals surface area contributed by atoms with Crippen molar-refractivity contribution in [2.75, 3.05) is 0 Å². The van der Waals surface area contributed by atoms with Crippen LogP contribution >= 0.6 is 0 Å². The average molecular weight is 171 g/mol. The Kier molecular flexibility index (Phi) is 1.18. The van der Waals surface area contributed by atoms with Gasteiger partial charge in [-0.3, -0.25) is 4.79 Å². The van der Waals surface area contributed by atoms with E-state index in [-0.39, 0.29) is 11.8 Å². The van der Waals surface area contributed by atoms with E-state index in [0.29, 0.717) is 5.92 Å². The minimum absolute atomic E-state index is 0.0642. The molecular formula is C11H9NO. The van der Waals surface area contributed by atoms with Gasteiger partial charge < -0.3 is 5.32 Å². The summed E-state index contributed by atoms with van der Waals surface area (Å²) in [4.78, 5) is 11.5. The molecule has 1 fully saturated rings. The topological polar surface area (TPSA) is 29.1 Å². The van der Waals surface area contributed by atoms with Crippen molar-refractivity contribution in [1.82, 2.24) is 5.32 Å². The SMILES string of the molecule is O=C1NC2=CC=CC3C=CC=C1C23. The molecule has 0 saturated carbocycles. The second-order valence-corrected chi connectivity index (χ2v) is 3.52. The highest BCUT2D eigenvalue weighted by atomic mass is 16.2. The van der Waals surface area contributed by atoms with Crippen LogP contribution in [0.3, 0.4) is 0 Å². The molecule has 3 aliphatic rings. The predicted octanol–water partition coefficient (Wildman–Crippen LogP) is 1.30. The highest BCUT2D eigenvalue weighted by Crippen LogP contribution is 2.38. The molecule has 1 aliphatic heterocycles. The Morgan fingerprint density at radius 3 is 2.77 bits per heavy atom. The molecule has 1 amide bonds. The molecule has 0 aromatic rings. The van der Waals surface area contributed by atoms with Crippen molar-refractivity contribution in [2.24, 2.45) is 11.8 Å². The molecule has 0 aromatic carbocycles. The van der Waals surface area contributed by atoms with Crippen molar-refractivity contribution in [3.8, 4) is 0 Å². The summed E-state index contributed by atoms with van der Waals surface area (Å²) in [6.07, 6.45) is 12.1. The number of hydrogen-bond acceptors (Lipinski definition) is 1. The van der Waals surface area contributed by atoms with Crippen molar-refractivity contribution >= 4 is 5.91 Å². The number of carbonyl (C=O) groups is 1. The van der Waals surface area contributed by atoms with Crippen LogP contribution in [0.5, 0.6) is 0 Å². The van der Waals surface area contributed by atoms with Gasteiger partial charge in [-0.2, -0.15) is 0 Å². The molecule has 13 heavy (non-hydrogen) atoms. The summed E-state index contributed by atoms with van der Waals surface area (Å²) in [5.74, 6) is 0.704. The second kappa shape index (κ2) is 2.22. The number of amides is 1. The van der Waals surface area contributed by atoms with E-state index in [1.165, 1.54) is 0 Å². The normalized spacial score (nSPS) is 33.7. The molecule has 3 rings (SSSR count). The third-order valence-electron chi connectivity index (χ3n) is 2.79. The van der Waals surface area contributed by atoms with Gasteiger partial charge in [0.05, 0.1) is 0 Å². The van der Waals surface area contributed by atoms with E-state index in [1.807, 2.05) is 24.3 Å². The summed E-state index contributed by atoms with van der Waals surface area (Å²) < 4.78 is 0. The molecule has 2 heteroatoms. The third-order valence-corrected chi connectivity index (χ3v) is 2.79. The highest BCUT2D eigenvalue weighted by molar-refractivity contribution is 6.00. The van der Waals surface area contributed by atoms with Gasteiger partial charge in [-0.05, 0) is 6.08 Å². The molecule has 0 aromatic heterocycles. The Balaban J connectivity index is 2.18. The van der Waals surface area contributed by atoms with Gasteiger partial charge in [0.25, 0.3) is 5.91 Å². The van der Waals surface area contributed by atoms with Crippen molar-refractivity contribution < 1.29 is 4.79 Å². The summed E-state index contributed by atoms with van der Waals surface area (Å²) in [6, 6.07) is 0. The van der Waals surface area contributed by atoms with Crippen LogP contribution in [-0.4, -0.2) is 5.91 Å². The monoisotopic (exact) mass is 171 g/mol. The first-order valence-electron chi connectivity index (χ1n) is 4.44. The lowest BCUT2D eigenvalue weighted by molar-refractivity contribution is -0.116. The zero-order valence-corrected chi connectivity index (χ0v) is 7.03. The van der Waals surface area contributed by atoms with E-state index in [4.69, 9.17) is 0 Å². The van der Waals surface area contributed by atoms with Gasteiger partial charge in [-0.15, -0.1) is 0 Å². The summed E-state index contributed by atoms with van der Waals surface area (Å²) >= 11 is 0. The number of nitrogens with one attached hydrogen (secondary N) is 1. The summed E-state index contributed by atoms with van der Waals surface area (Å²) in [5, 5.41) is 2.89. The molecule has 2 nitrogen and oxygen atoms in total. The first-order valence-corrected chi connectivity index (χ1v) is 4.44. The van der Waals surface area contributed by atoms with E-state index in [2.05, 4.69) is 17.5 Å². The van der Waals surface area contributed by atoms with Crippen molar-refractivity contribution in [2.45, 2.75) is 0 Å². The molecule has 2 aliphatic carbocycles. The fourth-order valence-corrected chi connectivity index (χ4v) is 2.19. The summed E-state index contributed by atoms with van der Waals surface area (Å²) in [5.41, 5.74) is 1.95. The van der Waals surface area contributed by atoms with Crippen LogP contribution in [0, 0.1) is 11.8 Å². The predicted molar refractivity (Wildman–Crippen MR) is 49.6 cm³/mol. The largest absolute Gasteiger partial charge is 0.325 e. The van der Waals surface area contributed by atoms with E-state index in [9.17, 15) is 4.79 Å². The molecule has 2 atom stereocenters. The van der Waals surface area contributed by atoms with Gasteiger partial charge in [-0.25, -0.2) is 0 Å². The van der Waals surface area contributed by atoms with Crippen molar-refractivity contribution in [3.63, 3.8) is 0 Å². The Bertz CT molecular complexity index is 398. The smallest absolute Gasteiger partial charge is 0.252 e. The number of allylic oxidation sites excluding steroid dienone is 7. The first kappa shape index (κ1) is 6.89. The van der Waals surface area contributed by atoms with Gasteiger partial charge in [0.15, 0.2) is 0 Å².